The summed E-state index contributed by atoms with van der Waals surface area (Å²) in [6, 6.07) is 11.9. The molecule has 1 atom stereocenters. The zero-order chi connectivity index (χ0) is 38.0. The number of thioether (sulfide) groups is 1. The Morgan fingerprint density at radius 2 is 1.85 bits per heavy atom. The van der Waals surface area contributed by atoms with Gasteiger partial charge in [-0.2, -0.15) is 4.31 Å². The molecule has 0 bridgehead atoms. The van der Waals surface area contributed by atoms with Crippen molar-refractivity contribution in [2.45, 2.75) is 67.9 Å². The van der Waals surface area contributed by atoms with E-state index in [2.05, 4.69) is 9.97 Å². The highest BCUT2D eigenvalue weighted by Crippen LogP contribution is 2.40. The van der Waals surface area contributed by atoms with Crippen LogP contribution in [0.5, 0.6) is 5.75 Å². The quantitative estimate of drug-likeness (QED) is 0.0830. The van der Waals surface area contributed by atoms with Crippen LogP contribution >= 0.6 is 35.0 Å². The van der Waals surface area contributed by atoms with E-state index in [0.29, 0.717) is 34.6 Å². The summed E-state index contributed by atoms with van der Waals surface area (Å²) in [4.78, 5) is 19.2. The van der Waals surface area contributed by atoms with E-state index in [0.717, 1.165) is 45.3 Å². The zero-order valence-corrected chi connectivity index (χ0v) is 32.2. The normalized spacial score (nSPS) is 12.7. The third-order valence-corrected chi connectivity index (χ3v) is 12.5. The summed E-state index contributed by atoms with van der Waals surface area (Å²) in [5, 5.41) is 10.5. The number of aromatic nitrogens is 4. The summed E-state index contributed by atoms with van der Waals surface area (Å²) < 4.78 is 67.4. The van der Waals surface area contributed by atoms with Gasteiger partial charge in [-0.15, -0.1) is 0 Å². The number of hydrogen-bond acceptors (Lipinski definition) is 6. The van der Waals surface area contributed by atoms with Crippen molar-refractivity contribution in [3.8, 4) is 11.4 Å². The van der Waals surface area contributed by atoms with Crippen molar-refractivity contribution in [2.24, 2.45) is 0 Å². The molecule has 3 aromatic carbocycles. The molecule has 10 nitrogen and oxygen atoms in total. The van der Waals surface area contributed by atoms with Gasteiger partial charge < -0.3 is 9.84 Å². The number of halogens is 4. The van der Waals surface area contributed by atoms with Crippen LogP contribution in [-0.4, -0.2) is 58.0 Å². The molecule has 0 aliphatic rings. The first-order chi connectivity index (χ1) is 24.6. The van der Waals surface area contributed by atoms with Gasteiger partial charge in [0.1, 0.15) is 35.8 Å². The van der Waals surface area contributed by atoms with Crippen LogP contribution in [0.25, 0.3) is 5.69 Å². The molecule has 0 fully saturated rings. The van der Waals surface area contributed by atoms with Crippen LogP contribution in [0.1, 0.15) is 49.8 Å². The summed E-state index contributed by atoms with van der Waals surface area (Å²) >= 11 is 14.0. The van der Waals surface area contributed by atoms with Crippen molar-refractivity contribution in [3.05, 3.63) is 118 Å². The minimum atomic E-state index is -4.48. The number of ether oxygens (including phenoxy) is 1. The van der Waals surface area contributed by atoms with Gasteiger partial charge in [-0.05, 0) is 67.4 Å². The number of aliphatic carboxylic acids is 1. The maximum Gasteiger partial charge on any atom is 0.321 e. The number of sulfonamides is 1. The molecule has 5 rings (SSSR count). The molecular weight excluding hydrogens is 755 g/mol. The first kappa shape index (κ1) is 39.3. The number of imidazole rings is 2. The molecule has 0 unspecified atom stereocenters. The Bertz CT molecular complexity index is 2170. The number of carboxylic acid groups (broad SMARTS) is 1. The zero-order valence-electron chi connectivity index (χ0n) is 29.0. The molecule has 16 heteroatoms. The summed E-state index contributed by atoms with van der Waals surface area (Å²) in [6.07, 6.45) is 5.53. The number of carbonyl (C=O) groups is 1. The minimum Gasteiger partial charge on any atom is -0.495 e. The molecule has 276 valence electrons. The highest BCUT2D eigenvalue weighted by atomic mass is 35.5. The molecule has 0 saturated carbocycles. The maximum absolute atomic E-state index is 15.8. The van der Waals surface area contributed by atoms with Crippen LogP contribution in [0, 0.1) is 18.6 Å². The summed E-state index contributed by atoms with van der Waals surface area (Å²) in [5.41, 5.74) is 1.56. The van der Waals surface area contributed by atoms with E-state index in [1.54, 1.807) is 36.8 Å². The van der Waals surface area contributed by atoms with Crippen LogP contribution < -0.4 is 9.30 Å². The van der Waals surface area contributed by atoms with Crippen molar-refractivity contribution < 1.29 is 36.4 Å². The van der Waals surface area contributed by atoms with Gasteiger partial charge in [-0.1, -0.05) is 54.9 Å². The van der Waals surface area contributed by atoms with E-state index in [1.807, 2.05) is 42.0 Å². The highest BCUT2D eigenvalue weighted by Gasteiger charge is 2.34. The van der Waals surface area contributed by atoms with Crippen molar-refractivity contribution in [1.82, 2.24) is 18.8 Å². The predicted molar refractivity (Wildman–Crippen MR) is 196 cm³/mol. The Hall–Kier alpha value is -3.95. The first-order valence-corrected chi connectivity index (χ1v) is 19.3. The second-order valence-electron chi connectivity index (χ2n) is 12.6. The number of nitrogens with zero attached hydrogens (tertiary/aromatic N) is 4. The smallest absolute Gasteiger partial charge is 0.321 e. The molecule has 52 heavy (non-hydrogen) atoms. The SMILES string of the molecule is COc1cc(C(C)(C)c2cnc(SCc3c(F)cc(S(=O)(=O)N(CCC[n+]4cc[nH]c4C)[C@H](C)C(=O)O)cc3Cl)n2-c2ccc(F)cc2)ccc1Cl. The van der Waals surface area contributed by atoms with E-state index in [4.69, 9.17) is 27.9 Å². The average molecular weight is 794 g/mol. The molecule has 5 aromatic rings. The van der Waals surface area contributed by atoms with E-state index in [-0.39, 0.29) is 22.9 Å². The lowest BCUT2D eigenvalue weighted by molar-refractivity contribution is -0.701. The molecule has 0 amide bonds. The van der Waals surface area contributed by atoms with E-state index in [1.165, 1.54) is 26.2 Å². The van der Waals surface area contributed by atoms with Crippen LogP contribution in [0.2, 0.25) is 10.0 Å². The lowest BCUT2D eigenvalue weighted by Crippen LogP contribution is -2.45. The Balaban J connectivity index is 1.45. The molecule has 0 spiro atoms. The van der Waals surface area contributed by atoms with Gasteiger partial charge in [0, 0.05) is 40.9 Å². The fourth-order valence-electron chi connectivity index (χ4n) is 5.78. The Kier molecular flexibility index (Phi) is 12.1. The van der Waals surface area contributed by atoms with Gasteiger partial charge in [0.2, 0.25) is 10.0 Å². The lowest BCUT2D eigenvalue weighted by atomic mass is 9.81. The van der Waals surface area contributed by atoms with E-state index >= 15 is 4.39 Å². The first-order valence-electron chi connectivity index (χ1n) is 16.1. The predicted octanol–water partition coefficient (Wildman–Crippen LogP) is 7.56. The maximum atomic E-state index is 15.8. The van der Waals surface area contributed by atoms with Gasteiger partial charge in [0.05, 0.1) is 35.5 Å². The Labute approximate surface area is 315 Å². The Morgan fingerprint density at radius 3 is 2.46 bits per heavy atom. The van der Waals surface area contributed by atoms with E-state index in [9.17, 15) is 22.7 Å². The number of rotatable bonds is 15. The molecule has 2 heterocycles. The summed E-state index contributed by atoms with van der Waals surface area (Å²) in [6.45, 7) is 7.40. The van der Waals surface area contributed by atoms with Gasteiger partial charge in [-0.3, -0.25) is 9.36 Å². The minimum absolute atomic E-state index is 0.0275. The second-order valence-corrected chi connectivity index (χ2v) is 16.2. The molecular formula is C36H38Cl2F2N5O5S2+. The molecule has 0 aliphatic carbocycles. The van der Waals surface area contributed by atoms with Crippen molar-refractivity contribution >= 4 is 51.0 Å². The Morgan fingerprint density at radius 1 is 1.13 bits per heavy atom. The van der Waals surface area contributed by atoms with Gasteiger partial charge in [0.25, 0.3) is 5.82 Å². The number of aromatic amines is 1. The second kappa shape index (κ2) is 16.0. The fraction of sp³-hybridized carbons (Fsp3) is 0.306. The number of aryl methyl sites for hydroxylation is 2. The van der Waals surface area contributed by atoms with Crippen molar-refractivity contribution in [3.63, 3.8) is 0 Å². The van der Waals surface area contributed by atoms with Gasteiger partial charge >= 0.3 is 5.97 Å². The summed E-state index contributed by atoms with van der Waals surface area (Å²) in [7, 11) is -2.95. The largest absolute Gasteiger partial charge is 0.495 e. The molecule has 0 radical (unpaired) electrons. The topological polar surface area (TPSA) is 121 Å². The number of H-pyrrole nitrogens is 1. The third kappa shape index (κ3) is 8.16. The number of carboxylic acids is 1. The van der Waals surface area contributed by atoms with Crippen molar-refractivity contribution in [2.75, 3.05) is 13.7 Å². The van der Waals surface area contributed by atoms with Crippen LogP contribution in [-0.2, 0) is 32.5 Å². The van der Waals surface area contributed by atoms with Crippen LogP contribution in [0.15, 0.2) is 83.2 Å². The summed E-state index contributed by atoms with van der Waals surface area (Å²) in [5.74, 6) is -1.34. The number of nitrogens with one attached hydrogen (secondary N) is 1. The molecule has 2 aromatic heterocycles. The van der Waals surface area contributed by atoms with Crippen molar-refractivity contribution in [1.29, 1.82) is 0 Å². The van der Waals surface area contributed by atoms with Crippen LogP contribution in [0.4, 0.5) is 8.78 Å². The standard InChI is InChI=1S/C36H37Cl2F2N5O5S2/c1-22(34(46)47)44(15-6-14-43-16-13-41-23(43)2)52(48,49)27-18-30(38)28(31(40)19-27)21-51-35-42-20-33(45(35)26-10-8-25(39)9-11-26)36(3,4)24-7-12-29(37)32(17-24)50-5/h7-13,16-20,22H,6,14-15,21H2,1-5H3,(H,46,47)/p+1/t22-/m1/s1. The number of methoxy groups -OCH3 is 1. The average Bonchev–Trinajstić information content (AvgIpc) is 3.72. The lowest BCUT2D eigenvalue weighted by Gasteiger charge is -2.28. The monoisotopic (exact) mass is 792 g/mol. The van der Waals surface area contributed by atoms with Gasteiger partial charge in [0.15, 0.2) is 5.16 Å². The van der Waals surface area contributed by atoms with E-state index < -0.39 is 44.0 Å². The fourth-order valence-corrected chi connectivity index (χ4v) is 9.09. The molecule has 2 N–H and O–H groups in total. The number of benzene rings is 3. The highest BCUT2D eigenvalue weighted by molar-refractivity contribution is 7.98. The third-order valence-electron chi connectivity index (χ3n) is 8.94. The van der Waals surface area contributed by atoms with Gasteiger partial charge in [-0.25, -0.2) is 31.7 Å². The molecule has 0 aliphatic heterocycles. The molecule has 0 saturated heterocycles. The van der Waals surface area contributed by atoms with Crippen LogP contribution in [0.3, 0.4) is 0 Å². The number of hydrogen-bond donors (Lipinski definition) is 2.